The average molecular weight is 297 g/mol. The third-order valence-corrected chi connectivity index (χ3v) is 3.84. The quantitative estimate of drug-likeness (QED) is 0.328. The molecule has 1 aromatic heterocycles. The SMILES string of the molecule is Fc1c(F)c(F)c(-c2ccc[se]2)c(F)c1F. The van der Waals surface area contributed by atoms with Gasteiger partial charge in [0.2, 0.25) is 0 Å². The van der Waals surface area contributed by atoms with Crippen molar-refractivity contribution in [1.29, 1.82) is 0 Å². The van der Waals surface area contributed by atoms with Crippen LogP contribution in [-0.4, -0.2) is 14.5 Å². The Balaban J connectivity index is 2.81. The number of hydrogen-bond donors (Lipinski definition) is 0. The van der Waals surface area contributed by atoms with E-state index in [0.717, 1.165) is 0 Å². The summed E-state index contributed by atoms with van der Waals surface area (Å²) in [7, 11) is 0. The van der Waals surface area contributed by atoms with Crippen LogP contribution in [0.2, 0.25) is 0 Å². The zero-order chi connectivity index (χ0) is 11.9. The van der Waals surface area contributed by atoms with Crippen molar-refractivity contribution in [3.8, 4) is 10.0 Å². The summed E-state index contributed by atoms with van der Waals surface area (Å²) in [6.45, 7) is 0. The molecule has 0 aliphatic heterocycles. The second-order valence-corrected chi connectivity index (χ2v) is 4.91. The first-order chi connectivity index (χ1) is 7.54. The number of rotatable bonds is 1. The molecule has 16 heavy (non-hydrogen) atoms. The molecule has 0 spiro atoms. The van der Waals surface area contributed by atoms with Crippen LogP contribution in [0.3, 0.4) is 0 Å². The third-order valence-electron chi connectivity index (χ3n) is 1.98. The zero-order valence-corrected chi connectivity index (χ0v) is 9.24. The van der Waals surface area contributed by atoms with E-state index >= 15 is 0 Å². The minimum atomic E-state index is -2.13. The van der Waals surface area contributed by atoms with Crippen LogP contribution in [0.1, 0.15) is 0 Å². The second kappa shape index (κ2) is 4.03. The Bertz CT molecular complexity index is 504. The van der Waals surface area contributed by atoms with Gasteiger partial charge in [-0.25, -0.2) is 0 Å². The number of hydrogen-bond acceptors (Lipinski definition) is 0. The fraction of sp³-hybridized carbons (Fsp3) is 0. The van der Waals surface area contributed by atoms with Crippen molar-refractivity contribution in [3.63, 3.8) is 0 Å². The summed E-state index contributed by atoms with van der Waals surface area (Å²) in [6, 6.07) is 2.87. The molecule has 0 aliphatic carbocycles. The minimum absolute atomic E-state index is 0.139. The van der Waals surface area contributed by atoms with Crippen molar-refractivity contribution in [1.82, 2.24) is 0 Å². The van der Waals surface area contributed by atoms with E-state index in [1.807, 2.05) is 0 Å². The first-order valence-corrected chi connectivity index (χ1v) is 5.94. The van der Waals surface area contributed by atoms with E-state index in [4.69, 9.17) is 0 Å². The zero-order valence-electron chi connectivity index (χ0n) is 7.53. The summed E-state index contributed by atoms with van der Waals surface area (Å²) in [5.41, 5.74) is -0.818. The summed E-state index contributed by atoms with van der Waals surface area (Å²) in [4.78, 5) is 1.63. The monoisotopic (exact) mass is 298 g/mol. The molecule has 0 N–H and O–H groups in total. The molecule has 0 aliphatic rings. The molecule has 6 heteroatoms. The van der Waals surface area contributed by atoms with Crippen LogP contribution in [-0.2, 0) is 0 Å². The molecule has 0 saturated heterocycles. The molecule has 84 valence electrons. The Morgan fingerprint density at radius 2 is 1.25 bits per heavy atom. The fourth-order valence-electron chi connectivity index (χ4n) is 1.24. The van der Waals surface area contributed by atoms with Gasteiger partial charge < -0.3 is 0 Å². The van der Waals surface area contributed by atoms with Gasteiger partial charge in [0.1, 0.15) is 0 Å². The molecule has 0 amide bonds. The van der Waals surface area contributed by atoms with Gasteiger partial charge in [0.05, 0.1) is 0 Å². The number of benzene rings is 1. The molecule has 1 heterocycles. The maximum atomic E-state index is 13.3. The molecule has 0 saturated carbocycles. The Morgan fingerprint density at radius 3 is 1.69 bits per heavy atom. The Hall–Kier alpha value is -1.13. The molecular formula is C10H3F5Se. The predicted molar refractivity (Wildman–Crippen MR) is 48.6 cm³/mol. The maximum absolute atomic E-state index is 13.3. The molecule has 2 aromatic rings. The van der Waals surface area contributed by atoms with Crippen LogP contribution >= 0.6 is 0 Å². The van der Waals surface area contributed by atoms with Gasteiger partial charge >= 0.3 is 92.6 Å². The molecule has 0 unspecified atom stereocenters. The van der Waals surface area contributed by atoms with Gasteiger partial charge in [0, 0.05) is 0 Å². The Morgan fingerprint density at radius 1 is 0.750 bits per heavy atom. The second-order valence-electron chi connectivity index (χ2n) is 2.92. The summed E-state index contributed by atoms with van der Waals surface area (Å²) in [6.07, 6.45) is 0. The van der Waals surface area contributed by atoms with Crippen LogP contribution in [0.15, 0.2) is 17.1 Å². The van der Waals surface area contributed by atoms with Gasteiger partial charge in [-0.2, -0.15) is 0 Å². The van der Waals surface area contributed by atoms with Crippen molar-refractivity contribution in [3.05, 3.63) is 46.2 Å². The van der Waals surface area contributed by atoms with Crippen molar-refractivity contribution < 1.29 is 22.0 Å². The van der Waals surface area contributed by atoms with Crippen LogP contribution in [0.4, 0.5) is 22.0 Å². The van der Waals surface area contributed by atoms with Crippen LogP contribution in [0, 0.1) is 29.1 Å². The van der Waals surface area contributed by atoms with Crippen molar-refractivity contribution >= 4 is 14.5 Å². The van der Waals surface area contributed by atoms with E-state index in [-0.39, 0.29) is 4.44 Å². The van der Waals surface area contributed by atoms with Crippen molar-refractivity contribution in [2.24, 2.45) is 0 Å². The topological polar surface area (TPSA) is 0 Å². The normalized spacial score (nSPS) is 10.8. The van der Waals surface area contributed by atoms with E-state index in [1.165, 1.54) is 12.1 Å². The van der Waals surface area contributed by atoms with Gasteiger partial charge in [-0.15, -0.1) is 0 Å². The van der Waals surface area contributed by atoms with E-state index < -0.39 is 49.2 Å². The van der Waals surface area contributed by atoms with Crippen molar-refractivity contribution in [2.75, 3.05) is 0 Å². The summed E-state index contributed by atoms with van der Waals surface area (Å²) < 4.78 is 65.1. The summed E-state index contributed by atoms with van der Waals surface area (Å²) in [5, 5.41) is 0. The molecule has 2 rings (SSSR count). The first kappa shape index (κ1) is 11.4. The van der Waals surface area contributed by atoms with E-state index in [1.54, 1.807) is 4.94 Å². The van der Waals surface area contributed by atoms with Gasteiger partial charge in [0.25, 0.3) is 0 Å². The number of halogens is 5. The summed E-state index contributed by atoms with van der Waals surface area (Å²) >= 11 is -0.404. The van der Waals surface area contributed by atoms with E-state index in [9.17, 15) is 22.0 Å². The Labute approximate surface area is 93.1 Å². The third kappa shape index (κ3) is 1.58. The Kier molecular flexibility index (Phi) is 2.86. The van der Waals surface area contributed by atoms with Gasteiger partial charge in [-0.05, 0) is 0 Å². The first-order valence-electron chi connectivity index (χ1n) is 4.09. The van der Waals surface area contributed by atoms with Gasteiger partial charge in [0.15, 0.2) is 0 Å². The molecule has 1 aromatic carbocycles. The summed E-state index contributed by atoms with van der Waals surface area (Å²) in [5.74, 6) is -9.48. The predicted octanol–water partition coefficient (Wildman–Crippen LogP) is 3.11. The van der Waals surface area contributed by atoms with E-state index in [2.05, 4.69) is 0 Å². The molecule has 0 bridgehead atoms. The molecule has 0 fully saturated rings. The molecule has 0 atom stereocenters. The van der Waals surface area contributed by atoms with Gasteiger partial charge in [-0.3, -0.25) is 0 Å². The fourth-order valence-corrected chi connectivity index (χ4v) is 2.83. The molecular weight excluding hydrogens is 294 g/mol. The van der Waals surface area contributed by atoms with E-state index in [0.29, 0.717) is 0 Å². The molecule has 0 nitrogen and oxygen atoms in total. The molecule has 0 radical (unpaired) electrons. The van der Waals surface area contributed by atoms with Crippen LogP contribution < -0.4 is 0 Å². The van der Waals surface area contributed by atoms with Gasteiger partial charge in [-0.1, -0.05) is 0 Å². The van der Waals surface area contributed by atoms with Crippen LogP contribution in [0.5, 0.6) is 0 Å². The average Bonchev–Trinajstić information content (AvgIpc) is 2.77. The van der Waals surface area contributed by atoms with Crippen molar-refractivity contribution in [2.45, 2.75) is 0 Å². The van der Waals surface area contributed by atoms with Crippen LogP contribution in [0.25, 0.3) is 10.0 Å². The standard InChI is InChI=1S/C10H3F5Se/c11-6-5(4-2-1-3-16-4)7(12)9(14)10(15)8(6)13/h1-3H.